The topological polar surface area (TPSA) is 67.6 Å². The third-order valence-electron chi connectivity index (χ3n) is 5.33. The Kier molecular flexibility index (Phi) is 9.52. The van der Waals surface area contributed by atoms with E-state index in [1.807, 2.05) is 0 Å². The summed E-state index contributed by atoms with van der Waals surface area (Å²) in [5.41, 5.74) is 7.95. The second-order valence-electron chi connectivity index (χ2n) is 7.81. The highest BCUT2D eigenvalue weighted by Gasteiger charge is 2.36. The molecule has 2 aliphatic rings. The van der Waals surface area contributed by atoms with Gasteiger partial charge < -0.3 is 15.8 Å². The van der Waals surface area contributed by atoms with Gasteiger partial charge in [-0.15, -0.1) is 24.8 Å². The fourth-order valence-corrected chi connectivity index (χ4v) is 4.03. The Morgan fingerprint density at radius 1 is 1.11 bits per heavy atom. The molecule has 2 atom stereocenters. The normalized spacial score (nSPS) is 24.6. The van der Waals surface area contributed by atoms with Crippen LogP contribution >= 0.6 is 24.8 Å². The molecular formula is C20H33Cl2N3O2. The molecule has 27 heavy (non-hydrogen) atoms. The Bertz CT molecular complexity index is 581. The molecule has 1 saturated heterocycles. The maximum absolute atomic E-state index is 12.3. The number of nitrogens with two attached hydrogens (primary N) is 1. The molecule has 1 heterocycles. The predicted octanol–water partition coefficient (Wildman–Crippen LogP) is 3.03. The number of ether oxygens (including phenoxy) is 1. The van der Waals surface area contributed by atoms with E-state index in [0.717, 1.165) is 50.9 Å². The predicted molar refractivity (Wildman–Crippen MR) is 113 cm³/mol. The summed E-state index contributed by atoms with van der Waals surface area (Å²) in [7, 11) is 0. The van der Waals surface area contributed by atoms with Crippen molar-refractivity contribution < 1.29 is 9.53 Å². The fraction of sp³-hybridized carbons (Fsp3) is 0.650. The van der Waals surface area contributed by atoms with Crippen LogP contribution in [-0.4, -0.2) is 41.6 Å². The fourth-order valence-electron chi connectivity index (χ4n) is 4.03. The van der Waals surface area contributed by atoms with Gasteiger partial charge in [-0.05, 0) is 37.8 Å². The SMILES string of the molecule is CC1CN(Cc2ccc(CNC(=O)C3(N)CCCC3)cc2)CC(C)O1.Cl.Cl. The lowest BCUT2D eigenvalue weighted by molar-refractivity contribution is -0.126. The largest absolute Gasteiger partial charge is 0.373 e. The zero-order valence-electron chi connectivity index (χ0n) is 16.3. The molecule has 0 aromatic heterocycles. The molecule has 1 aromatic rings. The molecule has 2 fully saturated rings. The van der Waals surface area contributed by atoms with Crippen molar-refractivity contribution in [3.63, 3.8) is 0 Å². The van der Waals surface area contributed by atoms with Crippen molar-refractivity contribution in [2.24, 2.45) is 5.73 Å². The number of hydrogen-bond acceptors (Lipinski definition) is 4. The number of carbonyl (C=O) groups excluding carboxylic acids is 1. The van der Waals surface area contributed by atoms with E-state index in [9.17, 15) is 4.79 Å². The number of nitrogens with one attached hydrogen (secondary N) is 1. The summed E-state index contributed by atoms with van der Waals surface area (Å²) in [4.78, 5) is 14.7. The van der Waals surface area contributed by atoms with Crippen molar-refractivity contribution in [1.29, 1.82) is 0 Å². The van der Waals surface area contributed by atoms with E-state index in [0.29, 0.717) is 6.54 Å². The molecule has 0 radical (unpaired) electrons. The molecular weight excluding hydrogens is 385 g/mol. The first-order valence-electron chi connectivity index (χ1n) is 9.47. The average molecular weight is 418 g/mol. The maximum atomic E-state index is 12.3. The van der Waals surface area contributed by atoms with E-state index in [4.69, 9.17) is 10.5 Å². The number of hydrogen-bond donors (Lipinski definition) is 2. The highest BCUT2D eigenvalue weighted by Crippen LogP contribution is 2.27. The molecule has 3 rings (SSSR count). The Balaban J connectivity index is 0.00000182. The summed E-state index contributed by atoms with van der Waals surface area (Å²) in [6, 6.07) is 8.50. The highest BCUT2D eigenvalue weighted by molar-refractivity contribution is 5.86. The van der Waals surface area contributed by atoms with Crippen molar-refractivity contribution in [2.45, 2.75) is 70.4 Å². The summed E-state index contributed by atoms with van der Waals surface area (Å²) in [6.45, 7) is 7.69. The minimum absolute atomic E-state index is 0. The number of halogens is 2. The van der Waals surface area contributed by atoms with Crippen LogP contribution < -0.4 is 11.1 Å². The van der Waals surface area contributed by atoms with E-state index in [1.165, 1.54) is 5.56 Å². The first-order valence-corrected chi connectivity index (χ1v) is 9.47. The van der Waals surface area contributed by atoms with Gasteiger partial charge in [0.2, 0.25) is 5.91 Å². The van der Waals surface area contributed by atoms with Crippen LogP contribution in [0.4, 0.5) is 0 Å². The summed E-state index contributed by atoms with van der Waals surface area (Å²) >= 11 is 0. The van der Waals surface area contributed by atoms with Gasteiger partial charge in [-0.2, -0.15) is 0 Å². The number of morpholine rings is 1. The Morgan fingerprint density at radius 3 is 2.19 bits per heavy atom. The van der Waals surface area contributed by atoms with Crippen molar-refractivity contribution in [3.8, 4) is 0 Å². The Hall–Kier alpha value is -0.850. The third-order valence-corrected chi connectivity index (χ3v) is 5.33. The van der Waals surface area contributed by atoms with E-state index in [2.05, 4.69) is 48.3 Å². The van der Waals surface area contributed by atoms with Crippen LogP contribution in [-0.2, 0) is 22.6 Å². The summed E-state index contributed by atoms with van der Waals surface area (Å²) in [6.07, 6.45) is 4.28. The van der Waals surface area contributed by atoms with E-state index in [-0.39, 0.29) is 42.9 Å². The first kappa shape index (κ1) is 24.2. The van der Waals surface area contributed by atoms with Gasteiger partial charge >= 0.3 is 0 Å². The monoisotopic (exact) mass is 417 g/mol. The maximum Gasteiger partial charge on any atom is 0.240 e. The molecule has 0 spiro atoms. The smallest absolute Gasteiger partial charge is 0.240 e. The van der Waals surface area contributed by atoms with Gasteiger partial charge in [-0.3, -0.25) is 9.69 Å². The quantitative estimate of drug-likeness (QED) is 0.772. The molecule has 1 aliphatic heterocycles. The highest BCUT2D eigenvalue weighted by atomic mass is 35.5. The Morgan fingerprint density at radius 2 is 1.63 bits per heavy atom. The molecule has 154 valence electrons. The molecule has 7 heteroatoms. The number of rotatable bonds is 5. The van der Waals surface area contributed by atoms with Crippen LogP contribution in [0.3, 0.4) is 0 Å². The summed E-state index contributed by atoms with van der Waals surface area (Å²) < 4.78 is 5.79. The van der Waals surface area contributed by atoms with Crippen LogP contribution in [0.1, 0.15) is 50.7 Å². The van der Waals surface area contributed by atoms with E-state index in [1.54, 1.807) is 0 Å². The van der Waals surface area contributed by atoms with Crippen molar-refractivity contribution in [2.75, 3.05) is 13.1 Å². The molecule has 0 bridgehead atoms. The van der Waals surface area contributed by atoms with Gasteiger partial charge in [0, 0.05) is 26.2 Å². The van der Waals surface area contributed by atoms with Crippen molar-refractivity contribution >= 4 is 30.7 Å². The lowest BCUT2D eigenvalue weighted by atomic mass is 9.98. The molecule has 1 saturated carbocycles. The van der Waals surface area contributed by atoms with Crippen LogP contribution in [0.15, 0.2) is 24.3 Å². The molecule has 1 amide bonds. The summed E-state index contributed by atoms with van der Waals surface area (Å²) in [5, 5.41) is 3.00. The van der Waals surface area contributed by atoms with Gasteiger partial charge in [-0.1, -0.05) is 37.1 Å². The van der Waals surface area contributed by atoms with Gasteiger partial charge in [0.15, 0.2) is 0 Å². The Labute approximate surface area is 175 Å². The number of nitrogens with zero attached hydrogens (tertiary/aromatic N) is 1. The zero-order valence-corrected chi connectivity index (χ0v) is 17.9. The van der Waals surface area contributed by atoms with Crippen LogP contribution in [0, 0.1) is 0 Å². The molecule has 2 unspecified atom stereocenters. The van der Waals surface area contributed by atoms with Gasteiger partial charge in [-0.25, -0.2) is 0 Å². The minimum Gasteiger partial charge on any atom is -0.373 e. The number of amides is 1. The second kappa shape index (κ2) is 10.6. The van der Waals surface area contributed by atoms with Crippen LogP contribution in [0.5, 0.6) is 0 Å². The van der Waals surface area contributed by atoms with Gasteiger partial charge in [0.05, 0.1) is 17.7 Å². The number of carbonyl (C=O) groups is 1. The summed E-state index contributed by atoms with van der Waals surface area (Å²) in [5.74, 6) is -0.00892. The second-order valence-corrected chi connectivity index (χ2v) is 7.81. The van der Waals surface area contributed by atoms with E-state index < -0.39 is 5.54 Å². The van der Waals surface area contributed by atoms with E-state index >= 15 is 0 Å². The first-order chi connectivity index (χ1) is 11.9. The minimum atomic E-state index is -0.649. The van der Waals surface area contributed by atoms with Crippen LogP contribution in [0.2, 0.25) is 0 Å². The third kappa shape index (κ3) is 6.61. The lowest BCUT2D eigenvalue weighted by Gasteiger charge is -2.35. The van der Waals surface area contributed by atoms with Gasteiger partial charge in [0.1, 0.15) is 0 Å². The average Bonchev–Trinajstić information content (AvgIpc) is 3.01. The van der Waals surface area contributed by atoms with Gasteiger partial charge in [0.25, 0.3) is 0 Å². The zero-order chi connectivity index (χ0) is 17.9. The standard InChI is InChI=1S/C20H31N3O2.2ClH/c1-15-12-23(13-16(2)25-15)14-18-7-5-17(6-8-18)11-22-19(24)20(21)9-3-4-10-20;;/h5-8,15-16H,3-4,9-14,21H2,1-2H3,(H,22,24);2*1H. The van der Waals surface area contributed by atoms with Crippen molar-refractivity contribution in [1.82, 2.24) is 10.2 Å². The number of benzene rings is 1. The lowest BCUT2D eigenvalue weighted by Crippen LogP contribution is -2.51. The molecule has 5 nitrogen and oxygen atoms in total. The molecule has 1 aliphatic carbocycles. The van der Waals surface area contributed by atoms with Crippen molar-refractivity contribution in [3.05, 3.63) is 35.4 Å². The molecule has 3 N–H and O–H groups in total. The van der Waals surface area contributed by atoms with Crippen LogP contribution in [0.25, 0.3) is 0 Å². The molecule has 1 aromatic carbocycles.